The molecule has 66 heavy (non-hydrogen) atoms. The van der Waals surface area contributed by atoms with Crippen LogP contribution in [-0.4, -0.2) is 70.2 Å². The second kappa shape index (κ2) is 22.0. The number of pyridine rings is 1. The van der Waals surface area contributed by atoms with Crippen molar-refractivity contribution in [1.82, 2.24) is 9.88 Å². The van der Waals surface area contributed by atoms with E-state index < -0.39 is 23.8 Å². The van der Waals surface area contributed by atoms with Crippen molar-refractivity contribution in [1.29, 1.82) is 0 Å². The van der Waals surface area contributed by atoms with Gasteiger partial charge < -0.3 is 34.0 Å². The van der Waals surface area contributed by atoms with E-state index in [1.54, 1.807) is 11.0 Å². The fourth-order valence-corrected chi connectivity index (χ4v) is 10.5. The van der Waals surface area contributed by atoms with Crippen LogP contribution in [0.1, 0.15) is 85.9 Å². The third-order valence-electron chi connectivity index (χ3n) is 13.3. The van der Waals surface area contributed by atoms with Crippen LogP contribution in [0.15, 0.2) is 139 Å². The zero-order valence-electron chi connectivity index (χ0n) is 38.2. The summed E-state index contributed by atoms with van der Waals surface area (Å²) in [7, 11) is 0. The molecule has 2 heterocycles. The molecule has 346 valence electrons. The monoisotopic (exact) mass is 893 g/mol. The Morgan fingerprint density at radius 1 is 0.924 bits per heavy atom. The molecule has 11 heteroatoms. The Morgan fingerprint density at radius 3 is 2.48 bits per heavy atom. The Balaban J connectivity index is 1.33. The first-order chi connectivity index (χ1) is 32.4. The number of hydrogen-bond donors (Lipinski definition) is 2. The van der Waals surface area contributed by atoms with Crippen LogP contribution >= 0.6 is 0 Å². The average Bonchev–Trinajstić information content (AvgIpc) is 3.33. The van der Waals surface area contributed by atoms with E-state index in [4.69, 9.17) is 28.9 Å². The van der Waals surface area contributed by atoms with E-state index in [1.807, 2.05) is 92.7 Å². The number of ether oxygens (including phenoxy) is 4. The van der Waals surface area contributed by atoms with Crippen molar-refractivity contribution in [2.45, 2.75) is 96.3 Å². The molecule has 1 aliphatic heterocycles. The Morgan fingerprint density at radius 2 is 1.70 bits per heavy atom. The van der Waals surface area contributed by atoms with Crippen LogP contribution in [-0.2, 0) is 34.1 Å². The summed E-state index contributed by atoms with van der Waals surface area (Å²) in [5.74, 6) is -0.723. The molecule has 6 unspecified atom stereocenters. The summed E-state index contributed by atoms with van der Waals surface area (Å²) < 4.78 is 27.1. The van der Waals surface area contributed by atoms with Gasteiger partial charge in [0.25, 0.3) is 0 Å². The number of fused-ring (bicyclic) bond motifs is 3. The van der Waals surface area contributed by atoms with E-state index in [9.17, 15) is 15.0 Å². The highest BCUT2D eigenvalue weighted by Crippen LogP contribution is 2.62. The lowest BCUT2D eigenvalue weighted by atomic mass is 9.55. The Bertz CT molecular complexity index is 2490. The summed E-state index contributed by atoms with van der Waals surface area (Å²) in [5.41, 5.74) is 6.31. The van der Waals surface area contributed by atoms with Gasteiger partial charge in [-0.3, -0.25) is 9.88 Å². The molecule has 6 atom stereocenters. The molecule has 0 spiro atoms. The highest BCUT2D eigenvalue weighted by atomic mass is 16.7. The molecular formula is C55H63N3O8. The van der Waals surface area contributed by atoms with E-state index in [-0.39, 0.29) is 70.4 Å². The summed E-state index contributed by atoms with van der Waals surface area (Å²) >= 11 is 0. The van der Waals surface area contributed by atoms with Crippen molar-refractivity contribution >= 4 is 22.6 Å². The van der Waals surface area contributed by atoms with E-state index >= 15 is 0 Å². The molecule has 2 aliphatic carbocycles. The lowest BCUT2D eigenvalue weighted by molar-refractivity contribution is -0.256. The smallest absolute Gasteiger partial charge is 0.410 e. The van der Waals surface area contributed by atoms with Crippen LogP contribution < -0.4 is 9.47 Å². The maximum absolute atomic E-state index is 14.8. The van der Waals surface area contributed by atoms with Crippen molar-refractivity contribution in [3.63, 3.8) is 0 Å². The van der Waals surface area contributed by atoms with E-state index in [2.05, 4.69) is 48.0 Å². The molecule has 0 bridgehead atoms. The molecule has 4 aromatic carbocycles. The van der Waals surface area contributed by atoms with Gasteiger partial charge in [0.2, 0.25) is 5.79 Å². The fourth-order valence-electron chi connectivity index (χ4n) is 10.5. The largest absolute Gasteiger partial charge is 0.487 e. The minimum atomic E-state index is -1.45. The Hall–Kier alpha value is -6.01. The number of aryl methyl sites for hydroxylation is 1. The maximum Gasteiger partial charge on any atom is 0.410 e. The first-order valence-corrected chi connectivity index (χ1v) is 23.6. The van der Waals surface area contributed by atoms with Gasteiger partial charge in [0.1, 0.15) is 30.8 Å². The highest BCUT2D eigenvalue weighted by Gasteiger charge is 2.65. The Kier molecular flexibility index (Phi) is 15.5. The zero-order chi connectivity index (χ0) is 45.9. The fraction of sp³-hybridized carbons (Fsp3) is 0.400. The normalized spacial score (nSPS) is 22.4. The molecule has 3 aliphatic rings. The number of aromatic nitrogens is 1. The predicted molar refractivity (Wildman–Crippen MR) is 256 cm³/mol. The number of unbranched alkanes of at least 4 members (excludes halogenated alkanes) is 2. The highest BCUT2D eigenvalue weighted by molar-refractivity contribution is 6.03. The van der Waals surface area contributed by atoms with Gasteiger partial charge >= 0.3 is 6.09 Å². The van der Waals surface area contributed by atoms with Gasteiger partial charge in [-0.25, -0.2) is 4.79 Å². The van der Waals surface area contributed by atoms with Crippen LogP contribution in [0.2, 0.25) is 0 Å². The second-order valence-electron chi connectivity index (χ2n) is 17.6. The number of nitrogens with zero attached hydrogens (tertiary/aromatic N) is 3. The standard InChI is InChI=1S/C55H63N3O8/c1-4-31-64-55-51(58(54(61)62-5-2)35-42-23-16-22-40-20-9-10-25-45(40)42)34-49(57-65-36-39-18-7-6-8-19-39)47-32-41(21-11-13-29-59)46(26-12-14-30-60)52(53(47)55)48-33-44(27-28-50(48)66-55)63-37-43-24-15-17-38(3)56-43/h4,6-10,15-20,22-25,27-28,32-33,41,46,51-53,59-60H,1,5,11-14,21,26,29-31,34-37H2,2-3H3. The SMILES string of the molecule is C=CCOC12Oc3ccc(OCc4cccc(C)n4)cc3C3C(CCCCO)C(CCCCO)C=C(C(=NOCc4ccccc4)CC1N(Cc1cccc4ccccc14)C(=O)OCC)C32. The molecule has 1 saturated carbocycles. The van der Waals surface area contributed by atoms with Gasteiger partial charge in [0.15, 0.2) is 0 Å². The van der Waals surface area contributed by atoms with Gasteiger partial charge in [-0.05, 0) is 109 Å². The predicted octanol–water partition coefficient (Wildman–Crippen LogP) is 10.6. The lowest BCUT2D eigenvalue weighted by Crippen LogP contribution is -2.70. The minimum absolute atomic E-state index is 0.0476. The third-order valence-corrected chi connectivity index (χ3v) is 13.3. The first kappa shape index (κ1) is 46.5. The molecule has 2 N–H and O–H groups in total. The van der Waals surface area contributed by atoms with Crippen molar-refractivity contribution in [2.24, 2.45) is 22.9 Å². The van der Waals surface area contributed by atoms with E-state index in [1.165, 1.54) is 0 Å². The molecule has 1 aromatic heterocycles. The molecule has 0 radical (unpaired) electrons. The van der Waals surface area contributed by atoms with Gasteiger partial charge in [0.05, 0.1) is 37.1 Å². The molecule has 1 fully saturated rings. The van der Waals surface area contributed by atoms with Crippen LogP contribution in [0.4, 0.5) is 4.79 Å². The minimum Gasteiger partial charge on any atom is -0.487 e. The molecule has 0 saturated heterocycles. The molecule has 5 aromatic rings. The van der Waals surface area contributed by atoms with Gasteiger partial charge in [0, 0.05) is 36.8 Å². The number of carbonyl (C=O) groups excluding carboxylic acids is 1. The number of aliphatic hydroxyl groups is 2. The lowest BCUT2D eigenvalue weighted by Gasteiger charge is -2.59. The molecular weight excluding hydrogens is 831 g/mol. The summed E-state index contributed by atoms with van der Waals surface area (Å²) in [6.07, 6.45) is 8.44. The van der Waals surface area contributed by atoms with Crippen molar-refractivity contribution < 1.29 is 38.8 Å². The second-order valence-corrected chi connectivity index (χ2v) is 17.6. The van der Waals surface area contributed by atoms with Crippen LogP contribution in [0.3, 0.4) is 0 Å². The average molecular weight is 894 g/mol. The summed E-state index contributed by atoms with van der Waals surface area (Å²) in [4.78, 5) is 27.5. The molecule has 11 nitrogen and oxygen atoms in total. The number of carbonyl (C=O) groups is 1. The maximum atomic E-state index is 14.8. The number of benzene rings is 4. The Labute approximate surface area is 388 Å². The summed E-state index contributed by atoms with van der Waals surface area (Å²) in [5, 5.41) is 27.2. The quantitative estimate of drug-likeness (QED) is 0.0420. The number of oxime groups is 1. The van der Waals surface area contributed by atoms with Crippen molar-refractivity contribution in [2.75, 3.05) is 26.4 Å². The number of rotatable bonds is 21. The summed E-state index contributed by atoms with van der Waals surface area (Å²) in [6, 6.07) is 35.4. The zero-order valence-corrected chi connectivity index (χ0v) is 38.2. The van der Waals surface area contributed by atoms with Gasteiger partial charge in [-0.1, -0.05) is 109 Å². The van der Waals surface area contributed by atoms with Gasteiger partial charge in [-0.15, -0.1) is 6.58 Å². The van der Waals surface area contributed by atoms with Gasteiger partial charge in [-0.2, -0.15) is 0 Å². The van der Waals surface area contributed by atoms with Crippen molar-refractivity contribution in [3.05, 3.63) is 162 Å². The number of allylic oxidation sites excluding steroid dienone is 1. The molecule has 1 amide bonds. The molecule has 8 rings (SSSR count). The first-order valence-electron chi connectivity index (χ1n) is 23.6. The third kappa shape index (κ3) is 10.2. The number of hydrogen-bond acceptors (Lipinski definition) is 10. The van der Waals surface area contributed by atoms with Crippen molar-refractivity contribution in [3.8, 4) is 11.5 Å². The van der Waals surface area contributed by atoms with Crippen LogP contribution in [0.5, 0.6) is 11.5 Å². The topological polar surface area (TPSA) is 132 Å². The van der Waals surface area contributed by atoms with E-state index in [0.29, 0.717) is 30.1 Å². The van der Waals surface area contributed by atoms with E-state index in [0.717, 1.165) is 70.1 Å². The number of aliphatic hydroxyl groups excluding tert-OH is 2. The summed E-state index contributed by atoms with van der Waals surface area (Å²) in [6.45, 7) is 9.14. The van der Waals surface area contributed by atoms with Crippen LogP contribution in [0.25, 0.3) is 10.8 Å². The number of amides is 1. The van der Waals surface area contributed by atoms with Crippen LogP contribution in [0, 0.1) is 24.7 Å².